The summed E-state index contributed by atoms with van der Waals surface area (Å²) >= 11 is 0. The topological polar surface area (TPSA) is 75.9 Å². The van der Waals surface area contributed by atoms with Gasteiger partial charge in [0.05, 0.1) is 0 Å². The third-order valence-corrected chi connectivity index (χ3v) is 2.73. The van der Waals surface area contributed by atoms with Crippen molar-refractivity contribution < 1.29 is 0 Å². The highest BCUT2D eigenvalue weighted by Gasteiger charge is 2.09. The van der Waals surface area contributed by atoms with Crippen LogP contribution in [0.5, 0.6) is 0 Å². The van der Waals surface area contributed by atoms with Crippen molar-refractivity contribution in [1.29, 1.82) is 0 Å². The van der Waals surface area contributed by atoms with Gasteiger partial charge in [-0.3, -0.25) is 0 Å². The molecule has 5 nitrogen and oxygen atoms in total. The Hall–Kier alpha value is -2.14. The number of nitrogen functional groups attached to an aromatic ring is 1. The standard InChI is InChI=1S/C13H17N5/c1-3-11-9(2)15-13(17-12(11)18-14)16-10-7-5-4-6-8-10/h4-8H,3,14H2,1-2H3,(H2,15,16,17,18). The zero-order valence-corrected chi connectivity index (χ0v) is 10.6. The number of nitrogens with zero attached hydrogens (tertiary/aromatic N) is 2. The van der Waals surface area contributed by atoms with Crippen molar-refractivity contribution in [1.82, 2.24) is 9.97 Å². The van der Waals surface area contributed by atoms with E-state index in [2.05, 4.69) is 27.6 Å². The van der Waals surface area contributed by atoms with Crippen LogP contribution in [0.4, 0.5) is 17.5 Å². The summed E-state index contributed by atoms with van der Waals surface area (Å²) in [4.78, 5) is 8.79. The van der Waals surface area contributed by atoms with E-state index in [4.69, 9.17) is 5.84 Å². The Kier molecular flexibility index (Phi) is 3.74. The molecule has 4 N–H and O–H groups in total. The molecule has 1 aromatic carbocycles. The van der Waals surface area contributed by atoms with Crippen molar-refractivity contribution in [3.63, 3.8) is 0 Å². The number of hydrogen-bond donors (Lipinski definition) is 3. The molecule has 0 atom stereocenters. The van der Waals surface area contributed by atoms with E-state index >= 15 is 0 Å². The predicted octanol–water partition coefficient (Wildman–Crippen LogP) is 2.38. The third-order valence-electron chi connectivity index (χ3n) is 2.73. The van der Waals surface area contributed by atoms with Crippen molar-refractivity contribution in [2.24, 2.45) is 5.84 Å². The Morgan fingerprint density at radius 3 is 2.50 bits per heavy atom. The molecule has 2 rings (SSSR count). The minimum absolute atomic E-state index is 0.545. The minimum Gasteiger partial charge on any atom is -0.324 e. The molecule has 0 saturated heterocycles. The normalized spacial score (nSPS) is 10.2. The number of nitrogens with one attached hydrogen (secondary N) is 2. The Balaban J connectivity index is 2.32. The van der Waals surface area contributed by atoms with Crippen LogP contribution in [0, 0.1) is 6.92 Å². The number of anilines is 3. The Bertz CT molecular complexity index is 524. The number of nitrogens with two attached hydrogens (primary N) is 1. The summed E-state index contributed by atoms with van der Waals surface area (Å²) in [6.45, 7) is 4.01. The van der Waals surface area contributed by atoms with Gasteiger partial charge in [-0.05, 0) is 25.5 Å². The molecule has 94 valence electrons. The number of aryl methyl sites for hydroxylation is 1. The van der Waals surface area contributed by atoms with Crippen molar-refractivity contribution in [3.8, 4) is 0 Å². The maximum atomic E-state index is 5.49. The Labute approximate surface area is 106 Å². The van der Waals surface area contributed by atoms with Crippen LogP contribution in [0.2, 0.25) is 0 Å². The average Bonchev–Trinajstić information content (AvgIpc) is 2.39. The molecule has 0 unspecified atom stereocenters. The smallest absolute Gasteiger partial charge is 0.229 e. The summed E-state index contributed by atoms with van der Waals surface area (Å²) < 4.78 is 0. The Morgan fingerprint density at radius 1 is 1.17 bits per heavy atom. The van der Waals surface area contributed by atoms with Crippen molar-refractivity contribution >= 4 is 17.5 Å². The van der Waals surface area contributed by atoms with Crippen LogP contribution in [0.1, 0.15) is 18.2 Å². The zero-order valence-electron chi connectivity index (χ0n) is 10.6. The van der Waals surface area contributed by atoms with E-state index in [1.54, 1.807) is 0 Å². The van der Waals surface area contributed by atoms with Gasteiger partial charge in [0.25, 0.3) is 0 Å². The SMILES string of the molecule is CCc1c(C)nc(Nc2ccccc2)nc1NN. The molecule has 0 radical (unpaired) electrons. The van der Waals surface area contributed by atoms with Gasteiger partial charge in [-0.1, -0.05) is 25.1 Å². The highest BCUT2D eigenvalue weighted by molar-refractivity contribution is 5.57. The first-order valence-electron chi connectivity index (χ1n) is 5.90. The monoisotopic (exact) mass is 243 g/mol. The van der Waals surface area contributed by atoms with Gasteiger partial charge >= 0.3 is 0 Å². The molecular formula is C13H17N5. The number of aromatic nitrogens is 2. The molecule has 18 heavy (non-hydrogen) atoms. The van der Waals surface area contributed by atoms with Gasteiger partial charge in [0.15, 0.2) is 0 Å². The summed E-state index contributed by atoms with van der Waals surface area (Å²) in [6, 6.07) is 9.80. The number of rotatable bonds is 4. The first kappa shape index (κ1) is 12.3. The van der Waals surface area contributed by atoms with E-state index in [-0.39, 0.29) is 0 Å². The van der Waals surface area contributed by atoms with Crippen LogP contribution in [0.15, 0.2) is 30.3 Å². The fourth-order valence-electron chi connectivity index (χ4n) is 1.85. The number of hydrogen-bond acceptors (Lipinski definition) is 5. The molecule has 0 fully saturated rings. The maximum Gasteiger partial charge on any atom is 0.229 e. The van der Waals surface area contributed by atoms with Crippen LogP contribution in [-0.2, 0) is 6.42 Å². The first-order valence-corrected chi connectivity index (χ1v) is 5.90. The van der Waals surface area contributed by atoms with Crippen molar-refractivity contribution in [2.45, 2.75) is 20.3 Å². The van der Waals surface area contributed by atoms with Crippen molar-refractivity contribution in [3.05, 3.63) is 41.6 Å². The minimum atomic E-state index is 0.545. The van der Waals surface area contributed by atoms with Gasteiger partial charge in [-0.2, -0.15) is 4.98 Å². The summed E-state index contributed by atoms with van der Waals surface area (Å²) in [5.41, 5.74) is 5.54. The van der Waals surface area contributed by atoms with E-state index < -0.39 is 0 Å². The molecular weight excluding hydrogens is 226 g/mol. The molecule has 1 heterocycles. The molecule has 0 bridgehead atoms. The van der Waals surface area contributed by atoms with Crippen LogP contribution in [-0.4, -0.2) is 9.97 Å². The number of hydrazine groups is 1. The highest BCUT2D eigenvalue weighted by Crippen LogP contribution is 2.20. The van der Waals surface area contributed by atoms with Crippen LogP contribution in [0.3, 0.4) is 0 Å². The van der Waals surface area contributed by atoms with Crippen LogP contribution in [0.25, 0.3) is 0 Å². The van der Waals surface area contributed by atoms with E-state index in [1.807, 2.05) is 37.3 Å². The van der Waals surface area contributed by atoms with Gasteiger partial charge in [-0.25, -0.2) is 10.8 Å². The summed E-state index contributed by atoms with van der Waals surface area (Å²) in [5.74, 6) is 6.70. The fraction of sp³-hybridized carbons (Fsp3) is 0.231. The first-order chi connectivity index (χ1) is 8.74. The predicted molar refractivity (Wildman–Crippen MR) is 73.7 cm³/mol. The van der Waals surface area contributed by atoms with E-state index in [0.717, 1.165) is 23.4 Å². The molecule has 5 heteroatoms. The molecule has 0 aliphatic heterocycles. The third kappa shape index (κ3) is 2.57. The summed E-state index contributed by atoms with van der Waals surface area (Å²) in [7, 11) is 0. The number of benzene rings is 1. The van der Waals surface area contributed by atoms with Gasteiger partial charge < -0.3 is 10.7 Å². The lowest BCUT2D eigenvalue weighted by Crippen LogP contribution is -2.14. The maximum absolute atomic E-state index is 5.49. The lowest BCUT2D eigenvalue weighted by atomic mass is 10.2. The summed E-state index contributed by atoms with van der Waals surface area (Å²) in [6.07, 6.45) is 0.844. The molecule has 2 aromatic rings. The van der Waals surface area contributed by atoms with Gasteiger partial charge in [0.1, 0.15) is 5.82 Å². The van der Waals surface area contributed by atoms with E-state index in [1.165, 1.54) is 0 Å². The Morgan fingerprint density at radius 2 is 1.89 bits per heavy atom. The summed E-state index contributed by atoms with van der Waals surface area (Å²) in [5, 5.41) is 3.15. The second kappa shape index (κ2) is 5.46. The lowest BCUT2D eigenvalue weighted by Gasteiger charge is -2.12. The molecule has 0 saturated carbocycles. The van der Waals surface area contributed by atoms with Gasteiger partial charge in [0.2, 0.25) is 5.95 Å². The van der Waals surface area contributed by atoms with Crippen molar-refractivity contribution in [2.75, 3.05) is 10.7 Å². The molecule has 0 amide bonds. The van der Waals surface area contributed by atoms with E-state index in [9.17, 15) is 0 Å². The second-order valence-electron chi connectivity index (χ2n) is 3.95. The highest BCUT2D eigenvalue weighted by atomic mass is 15.3. The zero-order chi connectivity index (χ0) is 13.0. The largest absolute Gasteiger partial charge is 0.324 e. The molecule has 0 aliphatic carbocycles. The quantitative estimate of drug-likeness (QED) is 0.568. The van der Waals surface area contributed by atoms with Gasteiger partial charge in [0, 0.05) is 16.9 Å². The average molecular weight is 243 g/mol. The van der Waals surface area contributed by atoms with Crippen LogP contribution < -0.4 is 16.6 Å². The van der Waals surface area contributed by atoms with Crippen LogP contribution >= 0.6 is 0 Å². The van der Waals surface area contributed by atoms with Gasteiger partial charge in [-0.15, -0.1) is 0 Å². The molecule has 1 aromatic heterocycles. The molecule has 0 aliphatic rings. The molecule has 0 spiro atoms. The van der Waals surface area contributed by atoms with E-state index in [0.29, 0.717) is 11.8 Å². The fourth-order valence-corrected chi connectivity index (χ4v) is 1.85. The number of para-hydroxylation sites is 1. The second-order valence-corrected chi connectivity index (χ2v) is 3.95. The lowest BCUT2D eigenvalue weighted by molar-refractivity contribution is 0.994.